The number of fused-ring (bicyclic) bond motifs is 1. The molecule has 0 spiro atoms. The van der Waals surface area contributed by atoms with E-state index in [0.29, 0.717) is 14.8 Å². The Morgan fingerprint density at radius 3 is 2.47 bits per heavy atom. The quantitative estimate of drug-likeness (QED) is 0.605. The number of halogens is 2. The fourth-order valence-corrected chi connectivity index (χ4v) is 3.07. The summed E-state index contributed by atoms with van der Waals surface area (Å²) in [4.78, 5) is 3.20. The monoisotopic (exact) mass is 308 g/mol. The van der Waals surface area contributed by atoms with Crippen LogP contribution in [-0.4, -0.2) is 9.55 Å². The van der Waals surface area contributed by atoms with E-state index in [2.05, 4.69) is 4.98 Å². The van der Waals surface area contributed by atoms with Gasteiger partial charge < -0.3 is 4.98 Å². The number of hydrogen-bond donors (Lipinski definition) is 1. The molecule has 3 aromatic rings. The fourth-order valence-electron chi connectivity index (χ4n) is 2.24. The Morgan fingerprint density at radius 1 is 1.11 bits per heavy atom. The first-order valence-corrected chi connectivity index (χ1v) is 6.89. The number of nitrogens with one attached hydrogen (secondary N) is 1. The summed E-state index contributed by atoms with van der Waals surface area (Å²) in [5.74, 6) is 0. The Morgan fingerprint density at radius 2 is 1.79 bits per heavy atom. The molecule has 3 rings (SSSR count). The van der Waals surface area contributed by atoms with E-state index < -0.39 is 0 Å². The Balaban J connectivity index is 2.42. The van der Waals surface area contributed by atoms with Gasteiger partial charge in [-0.2, -0.15) is 0 Å². The van der Waals surface area contributed by atoms with Crippen molar-refractivity contribution in [2.24, 2.45) is 0 Å². The van der Waals surface area contributed by atoms with Crippen LogP contribution in [0.2, 0.25) is 10.0 Å². The Kier molecular flexibility index (Phi) is 3.13. The molecule has 0 radical (unpaired) electrons. The minimum atomic E-state index is 0.590. The molecule has 1 aromatic heterocycles. The highest BCUT2D eigenvalue weighted by molar-refractivity contribution is 7.71. The molecule has 0 aliphatic rings. The molecule has 19 heavy (non-hydrogen) atoms. The second kappa shape index (κ2) is 4.67. The Bertz CT molecular complexity index is 813. The zero-order valence-corrected chi connectivity index (χ0v) is 12.4. The van der Waals surface area contributed by atoms with Gasteiger partial charge >= 0.3 is 0 Å². The molecule has 0 atom stereocenters. The van der Waals surface area contributed by atoms with Gasteiger partial charge in [0.1, 0.15) is 0 Å². The summed E-state index contributed by atoms with van der Waals surface area (Å²) in [5.41, 5.74) is 4.05. The van der Waals surface area contributed by atoms with E-state index in [1.54, 1.807) is 6.07 Å². The topological polar surface area (TPSA) is 20.7 Å². The first-order chi connectivity index (χ1) is 9.06. The third-order valence-corrected chi connectivity index (χ3v) is 3.73. The van der Waals surface area contributed by atoms with Gasteiger partial charge in [-0.05, 0) is 49.0 Å². The van der Waals surface area contributed by atoms with Crippen molar-refractivity contribution in [3.63, 3.8) is 0 Å². The van der Waals surface area contributed by atoms with Crippen LogP contribution < -0.4 is 0 Å². The lowest BCUT2D eigenvalue weighted by atomic mass is 10.2. The van der Waals surface area contributed by atoms with E-state index in [-0.39, 0.29) is 0 Å². The number of benzene rings is 2. The molecule has 0 amide bonds. The molecule has 0 unspecified atom stereocenters. The van der Waals surface area contributed by atoms with Crippen molar-refractivity contribution in [2.75, 3.05) is 0 Å². The lowest BCUT2D eigenvalue weighted by Crippen LogP contribution is -1.95. The predicted octanol–water partition coefficient (Wildman–Crippen LogP) is 5.30. The number of imidazole rings is 1. The molecule has 0 bridgehead atoms. The van der Waals surface area contributed by atoms with Gasteiger partial charge in [0.2, 0.25) is 0 Å². The number of aryl methyl sites for hydroxylation is 1. The first-order valence-electron chi connectivity index (χ1n) is 5.73. The zero-order chi connectivity index (χ0) is 13.6. The van der Waals surface area contributed by atoms with E-state index in [1.165, 1.54) is 0 Å². The van der Waals surface area contributed by atoms with E-state index >= 15 is 0 Å². The van der Waals surface area contributed by atoms with Crippen LogP contribution in [0.4, 0.5) is 0 Å². The third kappa shape index (κ3) is 2.18. The largest absolute Gasteiger partial charge is 0.330 e. The van der Waals surface area contributed by atoms with Gasteiger partial charge in [-0.15, -0.1) is 0 Å². The summed E-state index contributed by atoms with van der Waals surface area (Å²) in [5, 5.41) is 1.18. The van der Waals surface area contributed by atoms with Crippen LogP contribution in [0.1, 0.15) is 5.56 Å². The average molecular weight is 309 g/mol. The summed E-state index contributed by atoms with van der Waals surface area (Å²) in [7, 11) is 0. The molecule has 5 heteroatoms. The summed E-state index contributed by atoms with van der Waals surface area (Å²) >= 11 is 17.5. The van der Waals surface area contributed by atoms with Crippen LogP contribution in [-0.2, 0) is 0 Å². The number of nitrogens with zero attached hydrogens (tertiary/aromatic N) is 1. The number of H-pyrrole nitrogens is 1. The van der Waals surface area contributed by atoms with Gasteiger partial charge in [-0.1, -0.05) is 35.3 Å². The van der Waals surface area contributed by atoms with E-state index in [9.17, 15) is 0 Å². The number of aromatic nitrogens is 2. The lowest BCUT2D eigenvalue weighted by Gasteiger charge is -2.07. The number of hydrogen-bond acceptors (Lipinski definition) is 1. The van der Waals surface area contributed by atoms with Crippen LogP contribution >= 0.6 is 35.4 Å². The van der Waals surface area contributed by atoms with Crippen molar-refractivity contribution < 1.29 is 0 Å². The number of rotatable bonds is 1. The molecule has 0 aliphatic heterocycles. The summed E-state index contributed by atoms with van der Waals surface area (Å²) < 4.78 is 2.58. The second-order valence-electron chi connectivity index (χ2n) is 4.36. The highest BCUT2D eigenvalue weighted by Gasteiger charge is 2.09. The van der Waals surface area contributed by atoms with Gasteiger partial charge in [0.05, 0.1) is 16.7 Å². The maximum Gasteiger partial charge on any atom is 0.182 e. The SMILES string of the molecule is Cc1cccc2[nH]c(=S)n(-c3cc(Cl)cc(Cl)c3)c12. The van der Waals surface area contributed by atoms with Gasteiger partial charge in [0, 0.05) is 10.0 Å². The highest BCUT2D eigenvalue weighted by Crippen LogP contribution is 2.27. The molecule has 2 aromatic carbocycles. The third-order valence-electron chi connectivity index (χ3n) is 3.01. The second-order valence-corrected chi connectivity index (χ2v) is 5.62. The molecule has 0 fully saturated rings. The van der Waals surface area contributed by atoms with Crippen molar-refractivity contribution in [2.45, 2.75) is 6.92 Å². The Hall–Kier alpha value is -1.29. The van der Waals surface area contributed by atoms with Crippen molar-refractivity contribution in [3.8, 4) is 5.69 Å². The fraction of sp³-hybridized carbons (Fsp3) is 0.0714. The molecular weight excluding hydrogens is 299 g/mol. The average Bonchev–Trinajstić information content (AvgIpc) is 2.65. The van der Waals surface area contributed by atoms with Crippen molar-refractivity contribution >= 4 is 46.5 Å². The summed E-state index contributed by atoms with van der Waals surface area (Å²) in [6, 6.07) is 11.5. The zero-order valence-electron chi connectivity index (χ0n) is 10.1. The van der Waals surface area contributed by atoms with Gasteiger partial charge in [0.15, 0.2) is 4.77 Å². The molecule has 0 saturated heterocycles. The van der Waals surface area contributed by atoms with E-state index in [4.69, 9.17) is 35.4 Å². The lowest BCUT2D eigenvalue weighted by molar-refractivity contribution is 1.06. The van der Waals surface area contributed by atoms with Crippen LogP contribution in [0.25, 0.3) is 16.7 Å². The van der Waals surface area contributed by atoms with Crippen molar-refractivity contribution in [1.82, 2.24) is 9.55 Å². The van der Waals surface area contributed by atoms with Gasteiger partial charge in [0.25, 0.3) is 0 Å². The normalized spacial score (nSPS) is 11.1. The molecule has 2 nitrogen and oxygen atoms in total. The minimum Gasteiger partial charge on any atom is -0.330 e. The molecular formula is C14H10Cl2N2S. The highest BCUT2D eigenvalue weighted by atomic mass is 35.5. The van der Waals surface area contributed by atoms with Crippen LogP contribution in [0.15, 0.2) is 36.4 Å². The molecule has 1 N–H and O–H groups in total. The molecule has 0 saturated carbocycles. The predicted molar refractivity (Wildman–Crippen MR) is 83.2 cm³/mol. The maximum atomic E-state index is 6.07. The standard InChI is InChI=1S/C14H10Cl2N2S/c1-8-3-2-4-12-13(8)18(14(19)17-12)11-6-9(15)5-10(16)7-11/h2-7H,1H3,(H,17,19). The number of aromatic amines is 1. The van der Waals surface area contributed by atoms with E-state index in [0.717, 1.165) is 22.3 Å². The van der Waals surface area contributed by atoms with Crippen molar-refractivity contribution in [3.05, 3.63) is 56.8 Å². The van der Waals surface area contributed by atoms with E-state index in [1.807, 2.05) is 41.8 Å². The first kappa shape index (κ1) is 12.7. The Labute approximate surface area is 125 Å². The molecule has 96 valence electrons. The van der Waals surface area contributed by atoms with Crippen LogP contribution in [0.5, 0.6) is 0 Å². The maximum absolute atomic E-state index is 6.07. The minimum absolute atomic E-state index is 0.590. The van der Waals surface area contributed by atoms with Gasteiger partial charge in [-0.25, -0.2) is 0 Å². The van der Waals surface area contributed by atoms with Crippen LogP contribution in [0.3, 0.4) is 0 Å². The smallest absolute Gasteiger partial charge is 0.182 e. The van der Waals surface area contributed by atoms with Crippen LogP contribution in [0, 0.1) is 11.7 Å². The number of para-hydroxylation sites is 1. The molecule has 1 heterocycles. The van der Waals surface area contributed by atoms with Gasteiger partial charge in [-0.3, -0.25) is 4.57 Å². The van der Waals surface area contributed by atoms with Crippen molar-refractivity contribution in [1.29, 1.82) is 0 Å². The summed E-state index contributed by atoms with van der Waals surface area (Å²) in [6.07, 6.45) is 0. The summed E-state index contributed by atoms with van der Waals surface area (Å²) in [6.45, 7) is 2.05. The molecule has 0 aliphatic carbocycles.